The molecule has 0 aliphatic heterocycles. The SMILES string of the molecule is CC1(O)C(O)C(F)C(n2ccc(N)nc2=O)C1O. The fourth-order valence-electron chi connectivity index (χ4n) is 2.16. The number of hydrogen-bond acceptors (Lipinski definition) is 6. The van der Waals surface area contributed by atoms with E-state index in [0.717, 1.165) is 11.5 Å². The van der Waals surface area contributed by atoms with Crippen LogP contribution in [0.1, 0.15) is 13.0 Å². The lowest BCUT2D eigenvalue weighted by molar-refractivity contribution is -0.108. The van der Waals surface area contributed by atoms with Crippen LogP contribution in [0.5, 0.6) is 0 Å². The summed E-state index contributed by atoms with van der Waals surface area (Å²) in [5.74, 6) is -0.0357. The molecule has 1 aliphatic carbocycles. The van der Waals surface area contributed by atoms with Gasteiger partial charge in [-0.1, -0.05) is 0 Å². The summed E-state index contributed by atoms with van der Waals surface area (Å²) in [6.45, 7) is 1.10. The summed E-state index contributed by atoms with van der Waals surface area (Å²) in [6.07, 6.45) is -4.25. The van der Waals surface area contributed by atoms with E-state index in [2.05, 4.69) is 4.98 Å². The molecule has 5 N–H and O–H groups in total. The van der Waals surface area contributed by atoms with E-state index in [1.165, 1.54) is 12.3 Å². The van der Waals surface area contributed by atoms with Gasteiger partial charge in [0.15, 0.2) is 6.17 Å². The Morgan fingerprint density at radius 2 is 2.11 bits per heavy atom. The lowest BCUT2D eigenvalue weighted by Crippen LogP contribution is -2.45. The summed E-state index contributed by atoms with van der Waals surface area (Å²) in [5, 5.41) is 29.1. The van der Waals surface area contributed by atoms with Crippen LogP contribution in [0.3, 0.4) is 0 Å². The second kappa shape index (κ2) is 4.01. The molecule has 2 rings (SSSR count). The van der Waals surface area contributed by atoms with E-state index in [1.807, 2.05) is 0 Å². The molecule has 1 saturated carbocycles. The first-order chi connectivity index (χ1) is 8.26. The topological polar surface area (TPSA) is 122 Å². The van der Waals surface area contributed by atoms with Crippen LogP contribution >= 0.6 is 0 Å². The maximum absolute atomic E-state index is 13.9. The number of hydrogen-bond donors (Lipinski definition) is 4. The highest BCUT2D eigenvalue weighted by Crippen LogP contribution is 2.39. The largest absolute Gasteiger partial charge is 0.388 e. The zero-order chi connectivity index (χ0) is 13.7. The molecule has 1 aliphatic rings. The van der Waals surface area contributed by atoms with Crippen molar-refractivity contribution in [2.24, 2.45) is 0 Å². The van der Waals surface area contributed by atoms with Gasteiger partial charge in [-0.15, -0.1) is 0 Å². The molecule has 1 aromatic heterocycles. The van der Waals surface area contributed by atoms with E-state index in [1.54, 1.807) is 0 Å². The molecular weight excluding hydrogens is 245 g/mol. The monoisotopic (exact) mass is 259 g/mol. The summed E-state index contributed by atoms with van der Waals surface area (Å²) in [4.78, 5) is 15.0. The van der Waals surface area contributed by atoms with Crippen molar-refractivity contribution in [3.8, 4) is 0 Å². The highest BCUT2D eigenvalue weighted by atomic mass is 19.1. The standard InChI is InChI=1S/C10H14FN3O4/c1-10(18)7(15)5(11)6(8(10)16)14-3-2-4(12)13-9(14)17/h2-3,5-8,15-16,18H,1H3,(H2,12,13,17). The van der Waals surface area contributed by atoms with Crippen LogP contribution in [-0.4, -0.2) is 48.9 Å². The number of rotatable bonds is 1. The zero-order valence-electron chi connectivity index (χ0n) is 9.56. The van der Waals surface area contributed by atoms with Gasteiger partial charge in [0, 0.05) is 6.20 Å². The number of nitrogen functional groups attached to an aromatic ring is 1. The van der Waals surface area contributed by atoms with Crippen LogP contribution in [0, 0.1) is 0 Å². The second-order valence-electron chi connectivity index (χ2n) is 4.59. The van der Waals surface area contributed by atoms with Crippen LogP contribution < -0.4 is 11.4 Å². The number of nitrogens with zero attached hydrogens (tertiary/aromatic N) is 2. The molecule has 8 heteroatoms. The smallest absolute Gasteiger partial charge is 0.349 e. The third-order valence-electron chi connectivity index (χ3n) is 3.32. The molecule has 0 radical (unpaired) electrons. The van der Waals surface area contributed by atoms with E-state index in [4.69, 9.17) is 5.73 Å². The van der Waals surface area contributed by atoms with Crippen LogP contribution in [0.2, 0.25) is 0 Å². The van der Waals surface area contributed by atoms with Gasteiger partial charge in [-0.2, -0.15) is 4.98 Å². The molecule has 1 heterocycles. The van der Waals surface area contributed by atoms with Gasteiger partial charge < -0.3 is 21.1 Å². The van der Waals surface area contributed by atoms with Gasteiger partial charge in [-0.3, -0.25) is 4.57 Å². The Balaban J connectivity index is 2.48. The number of anilines is 1. The molecule has 1 aromatic rings. The Bertz CT molecular complexity index is 518. The van der Waals surface area contributed by atoms with Crippen molar-refractivity contribution < 1.29 is 19.7 Å². The van der Waals surface area contributed by atoms with E-state index >= 15 is 0 Å². The Morgan fingerprint density at radius 3 is 2.56 bits per heavy atom. The molecular formula is C10H14FN3O4. The fraction of sp³-hybridized carbons (Fsp3) is 0.600. The first-order valence-corrected chi connectivity index (χ1v) is 5.34. The van der Waals surface area contributed by atoms with Crippen molar-refractivity contribution in [3.63, 3.8) is 0 Å². The second-order valence-corrected chi connectivity index (χ2v) is 4.59. The molecule has 1 fully saturated rings. The van der Waals surface area contributed by atoms with Gasteiger partial charge in [0.05, 0.1) is 0 Å². The minimum atomic E-state index is -2.04. The Morgan fingerprint density at radius 1 is 1.50 bits per heavy atom. The number of aromatic nitrogens is 2. The molecule has 18 heavy (non-hydrogen) atoms. The Kier molecular flexibility index (Phi) is 2.88. The number of halogens is 1. The summed E-state index contributed by atoms with van der Waals surface area (Å²) in [5.41, 5.74) is 2.40. The minimum absolute atomic E-state index is 0.0357. The number of aliphatic hydroxyl groups is 3. The summed E-state index contributed by atoms with van der Waals surface area (Å²) < 4.78 is 14.7. The van der Waals surface area contributed by atoms with Gasteiger partial charge in [0.25, 0.3) is 0 Å². The molecule has 0 bridgehead atoms. The summed E-state index contributed by atoms with van der Waals surface area (Å²) >= 11 is 0. The van der Waals surface area contributed by atoms with Crippen molar-refractivity contribution >= 4 is 5.82 Å². The Labute approximate surface area is 101 Å². The molecule has 0 aromatic carbocycles. The van der Waals surface area contributed by atoms with E-state index in [-0.39, 0.29) is 5.82 Å². The maximum atomic E-state index is 13.9. The fourth-order valence-corrected chi connectivity index (χ4v) is 2.16. The van der Waals surface area contributed by atoms with Gasteiger partial charge in [-0.05, 0) is 13.0 Å². The maximum Gasteiger partial charge on any atom is 0.349 e. The molecule has 0 saturated heterocycles. The van der Waals surface area contributed by atoms with E-state index in [9.17, 15) is 24.5 Å². The van der Waals surface area contributed by atoms with Crippen molar-refractivity contribution in [3.05, 3.63) is 22.7 Å². The minimum Gasteiger partial charge on any atom is -0.388 e. The first-order valence-electron chi connectivity index (χ1n) is 5.34. The molecule has 0 amide bonds. The van der Waals surface area contributed by atoms with Crippen molar-refractivity contribution in [2.45, 2.75) is 36.9 Å². The van der Waals surface area contributed by atoms with Gasteiger partial charge in [0.1, 0.15) is 29.7 Å². The average molecular weight is 259 g/mol. The number of alkyl halides is 1. The van der Waals surface area contributed by atoms with E-state index < -0.39 is 35.7 Å². The quantitative estimate of drug-likeness (QED) is 0.471. The van der Waals surface area contributed by atoms with Gasteiger partial charge in [0.2, 0.25) is 0 Å². The normalized spacial score (nSPS) is 40.1. The van der Waals surface area contributed by atoms with E-state index in [0.29, 0.717) is 0 Å². The van der Waals surface area contributed by atoms with Crippen LogP contribution in [0.15, 0.2) is 17.1 Å². The summed E-state index contributed by atoms with van der Waals surface area (Å²) in [6, 6.07) is -0.143. The lowest BCUT2D eigenvalue weighted by atomic mass is 10.0. The molecule has 100 valence electrons. The molecule has 0 spiro atoms. The molecule has 7 nitrogen and oxygen atoms in total. The van der Waals surface area contributed by atoms with Crippen molar-refractivity contribution in [2.75, 3.05) is 5.73 Å². The lowest BCUT2D eigenvalue weighted by Gasteiger charge is -2.25. The molecule has 5 atom stereocenters. The van der Waals surface area contributed by atoms with Crippen LogP contribution in [0.25, 0.3) is 0 Å². The third kappa shape index (κ3) is 1.69. The molecule has 5 unspecified atom stereocenters. The summed E-state index contributed by atoms with van der Waals surface area (Å²) in [7, 11) is 0. The zero-order valence-corrected chi connectivity index (χ0v) is 9.56. The number of nitrogens with two attached hydrogens (primary N) is 1. The third-order valence-corrected chi connectivity index (χ3v) is 3.32. The average Bonchev–Trinajstić information content (AvgIpc) is 2.43. The van der Waals surface area contributed by atoms with Crippen molar-refractivity contribution in [1.82, 2.24) is 9.55 Å². The van der Waals surface area contributed by atoms with Gasteiger partial charge in [-0.25, -0.2) is 9.18 Å². The van der Waals surface area contributed by atoms with Crippen LogP contribution in [-0.2, 0) is 0 Å². The predicted molar refractivity (Wildman–Crippen MR) is 59.5 cm³/mol. The van der Waals surface area contributed by atoms with Crippen LogP contribution in [0.4, 0.5) is 10.2 Å². The number of aliphatic hydroxyl groups excluding tert-OH is 2. The highest BCUT2D eigenvalue weighted by molar-refractivity contribution is 5.24. The first kappa shape index (κ1) is 12.9. The highest BCUT2D eigenvalue weighted by Gasteiger charge is 2.58. The van der Waals surface area contributed by atoms with Crippen molar-refractivity contribution in [1.29, 1.82) is 0 Å². The predicted octanol–water partition coefficient (Wildman–Crippen LogP) is -1.81. The van der Waals surface area contributed by atoms with Gasteiger partial charge >= 0.3 is 5.69 Å². The Hall–Kier alpha value is -1.51.